The Hall–Kier alpha value is -3.52. The number of aryl methyl sites for hydroxylation is 1. The topological polar surface area (TPSA) is 94.5 Å². The number of nitrogens with zero attached hydrogens (tertiary/aromatic N) is 1. The molecule has 1 aliphatic heterocycles. The van der Waals surface area contributed by atoms with Gasteiger partial charge < -0.3 is 29.0 Å². The van der Waals surface area contributed by atoms with Gasteiger partial charge in [-0.2, -0.15) is 0 Å². The highest BCUT2D eigenvalue weighted by molar-refractivity contribution is 6.46. The van der Waals surface area contributed by atoms with Crippen molar-refractivity contribution in [3.63, 3.8) is 0 Å². The maximum Gasteiger partial charge on any atom is 0.295 e. The molecule has 2 aromatic rings. The fraction of sp³-hybridized carbons (Fsp3) is 0.407. The third-order valence-corrected chi connectivity index (χ3v) is 6.00. The number of ketones is 1. The first-order valence-electron chi connectivity index (χ1n) is 11.6. The maximum absolute atomic E-state index is 13.2. The van der Waals surface area contributed by atoms with E-state index in [1.165, 1.54) is 26.2 Å². The first kappa shape index (κ1) is 26.1. The van der Waals surface area contributed by atoms with E-state index in [9.17, 15) is 14.7 Å². The molecule has 1 fully saturated rings. The summed E-state index contributed by atoms with van der Waals surface area (Å²) < 4.78 is 21.7. The van der Waals surface area contributed by atoms with Gasteiger partial charge in [0.05, 0.1) is 39.0 Å². The fourth-order valence-electron chi connectivity index (χ4n) is 4.11. The van der Waals surface area contributed by atoms with E-state index < -0.39 is 17.7 Å². The van der Waals surface area contributed by atoms with E-state index in [4.69, 9.17) is 18.9 Å². The molecule has 2 aromatic carbocycles. The molecule has 1 atom stereocenters. The van der Waals surface area contributed by atoms with Crippen LogP contribution in [0.5, 0.6) is 17.2 Å². The van der Waals surface area contributed by atoms with E-state index in [1.54, 1.807) is 36.4 Å². The molecule has 0 radical (unpaired) electrons. The third kappa shape index (κ3) is 5.43. The van der Waals surface area contributed by atoms with Gasteiger partial charge in [0, 0.05) is 19.2 Å². The molecule has 1 saturated heterocycles. The Bertz CT molecular complexity index is 1110. The molecule has 8 heteroatoms. The summed E-state index contributed by atoms with van der Waals surface area (Å²) in [6.45, 7) is 4.99. The number of Topliss-reactive ketones (excluding diaryl/α,β-unsaturated/α-hetero) is 1. The number of aliphatic hydroxyl groups excluding tert-OH is 1. The van der Waals surface area contributed by atoms with Gasteiger partial charge in [0.2, 0.25) is 0 Å². The zero-order valence-corrected chi connectivity index (χ0v) is 20.9. The minimum Gasteiger partial charge on any atom is -0.507 e. The van der Waals surface area contributed by atoms with E-state index in [1.807, 2.05) is 6.92 Å². The summed E-state index contributed by atoms with van der Waals surface area (Å²) in [6, 6.07) is 9.57. The van der Waals surface area contributed by atoms with Crippen molar-refractivity contribution in [1.82, 2.24) is 4.90 Å². The standard InChI is InChI=1S/C27H33NO7/c1-6-7-13-35-20-10-9-19(15-17(20)2)25(29)23-24(28(12-14-32-3)27(31)26(23)30)18-8-11-21(33-4)22(16-18)34-5/h8-11,15-16,24,29H,6-7,12-14H2,1-5H3. The van der Waals surface area contributed by atoms with Crippen molar-refractivity contribution in [2.45, 2.75) is 32.7 Å². The Morgan fingerprint density at radius 3 is 2.31 bits per heavy atom. The highest BCUT2D eigenvalue weighted by Gasteiger charge is 2.46. The summed E-state index contributed by atoms with van der Waals surface area (Å²) in [5, 5.41) is 11.3. The number of benzene rings is 2. The second-order valence-electron chi connectivity index (χ2n) is 8.28. The van der Waals surface area contributed by atoms with Crippen molar-refractivity contribution in [2.75, 3.05) is 41.1 Å². The van der Waals surface area contributed by atoms with E-state index >= 15 is 0 Å². The van der Waals surface area contributed by atoms with Crippen molar-refractivity contribution in [2.24, 2.45) is 0 Å². The van der Waals surface area contributed by atoms with Gasteiger partial charge in [-0.3, -0.25) is 9.59 Å². The number of methoxy groups -OCH3 is 3. The number of aliphatic hydroxyl groups is 1. The summed E-state index contributed by atoms with van der Waals surface area (Å²) in [6.07, 6.45) is 1.97. The average Bonchev–Trinajstić information content (AvgIpc) is 3.12. The monoisotopic (exact) mass is 483 g/mol. The molecule has 1 amide bonds. The molecule has 8 nitrogen and oxygen atoms in total. The molecular formula is C27H33NO7. The normalized spacial score (nSPS) is 17.1. The van der Waals surface area contributed by atoms with Crippen LogP contribution in [-0.2, 0) is 14.3 Å². The minimum atomic E-state index is -0.814. The number of carbonyl (C=O) groups excluding carboxylic acids is 2. The van der Waals surface area contributed by atoms with Crippen LogP contribution in [0.4, 0.5) is 0 Å². The molecule has 188 valence electrons. The molecule has 0 saturated carbocycles. The number of unbranched alkanes of at least 4 members (excludes halogenated alkanes) is 1. The number of ether oxygens (including phenoxy) is 4. The van der Waals surface area contributed by atoms with Gasteiger partial charge in [-0.25, -0.2) is 0 Å². The summed E-state index contributed by atoms with van der Waals surface area (Å²) in [7, 11) is 4.56. The van der Waals surface area contributed by atoms with Crippen molar-refractivity contribution >= 4 is 17.4 Å². The Balaban J connectivity index is 2.10. The minimum absolute atomic E-state index is 0.0115. The zero-order valence-electron chi connectivity index (χ0n) is 20.9. The predicted octanol–water partition coefficient (Wildman–Crippen LogP) is 4.26. The highest BCUT2D eigenvalue weighted by Crippen LogP contribution is 2.42. The molecule has 1 N–H and O–H groups in total. The summed E-state index contributed by atoms with van der Waals surface area (Å²) >= 11 is 0. The second-order valence-corrected chi connectivity index (χ2v) is 8.28. The van der Waals surface area contributed by atoms with Crippen LogP contribution < -0.4 is 14.2 Å². The molecule has 1 heterocycles. The van der Waals surface area contributed by atoms with E-state index in [0.29, 0.717) is 35.0 Å². The van der Waals surface area contributed by atoms with Gasteiger partial charge in [-0.1, -0.05) is 19.4 Å². The average molecular weight is 484 g/mol. The van der Waals surface area contributed by atoms with Crippen LogP contribution in [0.3, 0.4) is 0 Å². The zero-order chi connectivity index (χ0) is 25.5. The lowest BCUT2D eigenvalue weighted by Gasteiger charge is -2.25. The lowest BCUT2D eigenvalue weighted by molar-refractivity contribution is -0.140. The van der Waals surface area contributed by atoms with Crippen molar-refractivity contribution in [3.8, 4) is 17.2 Å². The van der Waals surface area contributed by atoms with Crippen LogP contribution in [0, 0.1) is 6.92 Å². The van der Waals surface area contributed by atoms with Gasteiger partial charge in [0.25, 0.3) is 11.7 Å². The van der Waals surface area contributed by atoms with Gasteiger partial charge >= 0.3 is 0 Å². The highest BCUT2D eigenvalue weighted by atomic mass is 16.5. The first-order valence-corrected chi connectivity index (χ1v) is 11.6. The predicted molar refractivity (Wildman–Crippen MR) is 132 cm³/mol. The van der Waals surface area contributed by atoms with Crippen LogP contribution in [0.25, 0.3) is 5.76 Å². The van der Waals surface area contributed by atoms with Crippen LogP contribution >= 0.6 is 0 Å². The molecule has 0 aromatic heterocycles. The Labute approximate surface area is 206 Å². The molecular weight excluding hydrogens is 450 g/mol. The van der Waals surface area contributed by atoms with Gasteiger partial charge in [0.15, 0.2) is 11.5 Å². The van der Waals surface area contributed by atoms with E-state index in [-0.39, 0.29) is 24.5 Å². The molecule has 35 heavy (non-hydrogen) atoms. The number of likely N-dealkylation sites (tertiary alicyclic amines) is 1. The second kappa shape index (κ2) is 11.8. The van der Waals surface area contributed by atoms with E-state index in [0.717, 1.165) is 18.4 Å². The largest absolute Gasteiger partial charge is 0.507 e. The quantitative estimate of drug-likeness (QED) is 0.221. The molecule has 0 bridgehead atoms. The van der Waals surface area contributed by atoms with Gasteiger partial charge in [-0.15, -0.1) is 0 Å². The van der Waals surface area contributed by atoms with Crippen LogP contribution in [0.1, 0.15) is 42.5 Å². The lowest BCUT2D eigenvalue weighted by atomic mass is 9.94. The number of amides is 1. The van der Waals surface area contributed by atoms with Crippen molar-refractivity contribution in [1.29, 1.82) is 0 Å². The lowest BCUT2D eigenvalue weighted by Crippen LogP contribution is -2.32. The molecule has 1 aliphatic rings. The molecule has 1 unspecified atom stereocenters. The molecule has 0 spiro atoms. The summed E-state index contributed by atoms with van der Waals surface area (Å²) in [5.41, 5.74) is 1.87. The molecule has 0 aliphatic carbocycles. The Morgan fingerprint density at radius 2 is 1.69 bits per heavy atom. The van der Waals surface area contributed by atoms with Gasteiger partial charge in [0.1, 0.15) is 11.5 Å². The molecule has 3 rings (SSSR count). The SMILES string of the molecule is CCCCOc1ccc(C(O)=C2C(=O)C(=O)N(CCOC)C2c2ccc(OC)c(OC)c2)cc1C. The van der Waals surface area contributed by atoms with E-state index in [2.05, 4.69) is 6.92 Å². The fourth-order valence-corrected chi connectivity index (χ4v) is 4.11. The summed E-state index contributed by atoms with van der Waals surface area (Å²) in [5.74, 6) is -0.0108. The van der Waals surface area contributed by atoms with Gasteiger partial charge in [-0.05, 0) is 54.8 Å². The summed E-state index contributed by atoms with van der Waals surface area (Å²) in [4.78, 5) is 27.5. The number of hydrogen-bond donors (Lipinski definition) is 1. The van der Waals surface area contributed by atoms with Crippen LogP contribution in [0.2, 0.25) is 0 Å². The van der Waals surface area contributed by atoms with Crippen LogP contribution in [-0.4, -0.2) is 62.8 Å². The first-order chi connectivity index (χ1) is 16.9. The third-order valence-electron chi connectivity index (χ3n) is 6.00. The Kier molecular flexibility index (Phi) is 8.76. The number of rotatable bonds is 11. The van der Waals surface area contributed by atoms with Crippen molar-refractivity contribution in [3.05, 3.63) is 58.7 Å². The smallest absolute Gasteiger partial charge is 0.295 e. The maximum atomic E-state index is 13.2. The van der Waals surface area contributed by atoms with Crippen LogP contribution in [0.15, 0.2) is 42.0 Å². The number of carbonyl (C=O) groups is 2. The van der Waals surface area contributed by atoms with Crippen molar-refractivity contribution < 1.29 is 33.6 Å². The number of hydrogen-bond acceptors (Lipinski definition) is 7. The Morgan fingerprint density at radius 1 is 0.971 bits per heavy atom.